The lowest BCUT2D eigenvalue weighted by Crippen LogP contribution is -2.02. The van der Waals surface area contributed by atoms with Crippen LogP contribution in [0.2, 0.25) is 5.02 Å². The van der Waals surface area contributed by atoms with Crippen LogP contribution in [0.5, 0.6) is 11.6 Å². The molecule has 0 amide bonds. The molecule has 2 rings (SSSR count). The Morgan fingerprint density at radius 2 is 2.00 bits per heavy atom. The Kier molecular flexibility index (Phi) is 3.77. The summed E-state index contributed by atoms with van der Waals surface area (Å²) in [5.41, 5.74) is 0. The second-order valence-corrected chi connectivity index (χ2v) is 3.74. The monoisotopic (exact) mass is 249 g/mol. The highest BCUT2D eigenvalue weighted by atomic mass is 35.5. The average Bonchev–Trinajstić information content (AvgIpc) is 2.33. The van der Waals surface area contributed by atoms with Crippen molar-refractivity contribution in [1.29, 1.82) is 0 Å². The summed E-state index contributed by atoms with van der Waals surface area (Å²) in [6.07, 6.45) is 1.65. The number of ether oxygens (including phenoxy) is 1. The molecule has 0 aliphatic carbocycles. The third kappa shape index (κ3) is 3.32. The van der Waals surface area contributed by atoms with Crippen molar-refractivity contribution in [3.05, 3.63) is 41.6 Å². The predicted molar refractivity (Wildman–Crippen MR) is 67.7 cm³/mol. The number of nitrogens with one attached hydrogen (secondary N) is 1. The van der Waals surface area contributed by atoms with Gasteiger partial charge < -0.3 is 10.1 Å². The minimum Gasteiger partial charge on any atom is -0.439 e. The SMILES string of the molecule is CCNc1nccc(Oc2ccc(Cl)cc2)n1. The van der Waals surface area contributed by atoms with Crippen LogP contribution in [-0.4, -0.2) is 16.5 Å². The van der Waals surface area contributed by atoms with Gasteiger partial charge in [-0.3, -0.25) is 0 Å². The van der Waals surface area contributed by atoms with E-state index in [-0.39, 0.29) is 0 Å². The number of aromatic nitrogens is 2. The van der Waals surface area contributed by atoms with Gasteiger partial charge >= 0.3 is 0 Å². The number of rotatable bonds is 4. The first-order chi connectivity index (χ1) is 8.28. The molecule has 1 aromatic carbocycles. The minimum atomic E-state index is 0.498. The molecule has 0 fully saturated rings. The fraction of sp³-hybridized carbons (Fsp3) is 0.167. The molecule has 1 N–H and O–H groups in total. The van der Waals surface area contributed by atoms with E-state index in [1.807, 2.05) is 6.92 Å². The average molecular weight is 250 g/mol. The van der Waals surface area contributed by atoms with Crippen molar-refractivity contribution in [1.82, 2.24) is 9.97 Å². The van der Waals surface area contributed by atoms with Gasteiger partial charge in [-0.05, 0) is 31.2 Å². The number of nitrogens with zero attached hydrogens (tertiary/aromatic N) is 2. The van der Waals surface area contributed by atoms with E-state index in [4.69, 9.17) is 16.3 Å². The van der Waals surface area contributed by atoms with E-state index in [1.165, 1.54) is 0 Å². The Balaban J connectivity index is 2.12. The summed E-state index contributed by atoms with van der Waals surface area (Å²) in [6, 6.07) is 8.82. The van der Waals surface area contributed by atoms with Gasteiger partial charge in [0.15, 0.2) is 0 Å². The largest absolute Gasteiger partial charge is 0.439 e. The van der Waals surface area contributed by atoms with Gasteiger partial charge in [-0.2, -0.15) is 4.98 Å². The van der Waals surface area contributed by atoms with Crippen molar-refractivity contribution >= 4 is 17.5 Å². The number of halogens is 1. The molecule has 17 heavy (non-hydrogen) atoms. The number of hydrogen-bond donors (Lipinski definition) is 1. The summed E-state index contributed by atoms with van der Waals surface area (Å²) in [4.78, 5) is 8.26. The van der Waals surface area contributed by atoms with Gasteiger partial charge in [-0.25, -0.2) is 4.98 Å². The van der Waals surface area contributed by atoms with Crippen molar-refractivity contribution in [3.63, 3.8) is 0 Å². The Hall–Kier alpha value is -1.81. The van der Waals surface area contributed by atoms with Gasteiger partial charge in [0.2, 0.25) is 11.8 Å². The summed E-state index contributed by atoms with van der Waals surface area (Å²) in [5.74, 6) is 1.74. The van der Waals surface area contributed by atoms with Crippen LogP contribution in [-0.2, 0) is 0 Å². The molecule has 0 aliphatic heterocycles. The molecule has 0 bridgehead atoms. The van der Waals surface area contributed by atoms with Gasteiger partial charge in [0.05, 0.1) is 0 Å². The van der Waals surface area contributed by atoms with E-state index in [0.29, 0.717) is 22.6 Å². The Morgan fingerprint density at radius 3 is 2.71 bits per heavy atom. The van der Waals surface area contributed by atoms with Crippen LogP contribution >= 0.6 is 11.6 Å². The lowest BCUT2D eigenvalue weighted by atomic mass is 10.3. The first-order valence-electron chi connectivity index (χ1n) is 5.28. The van der Waals surface area contributed by atoms with Crippen LogP contribution in [0.15, 0.2) is 36.5 Å². The standard InChI is InChI=1S/C12H12ClN3O/c1-2-14-12-15-8-7-11(16-12)17-10-5-3-9(13)4-6-10/h3-8H,2H2,1H3,(H,14,15,16). The molecule has 5 heteroatoms. The van der Waals surface area contributed by atoms with Crippen LogP contribution in [0.25, 0.3) is 0 Å². The molecule has 0 aliphatic rings. The summed E-state index contributed by atoms with van der Waals surface area (Å²) >= 11 is 5.79. The summed E-state index contributed by atoms with van der Waals surface area (Å²) in [7, 11) is 0. The number of hydrogen-bond acceptors (Lipinski definition) is 4. The maximum atomic E-state index is 5.79. The molecule has 1 heterocycles. The molecule has 0 spiro atoms. The van der Waals surface area contributed by atoms with Gasteiger partial charge in [-0.15, -0.1) is 0 Å². The molecule has 0 radical (unpaired) electrons. The summed E-state index contributed by atoms with van der Waals surface area (Å²) < 4.78 is 5.57. The quantitative estimate of drug-likeness (QED) is 0.903. The molecule has 0 saturated carbocycles. The fourth-order valence-electron chi connectivity index (χ4n) is 1.27. The van der Waals surface area contributed by atoms with E-state index in [1.54, 1.807) is 36.5 Å². The molecule has 0 atom stereocenters. The van der Waals surface area contributed by atoms with E-state index in [2.05, 4.69) is 15.3 Å². The fourth-order valence-corrected chi connectivity index (χ4v) is 1.39. The van der Waals surface area contributed by atoms with Crippen molar-refractivity contribution in [2.45, 2.75) is 6.92 Å². The molecule has 0 saturated heterocycles. The summed E-state index contributed by atoms with van der Waals surface area (Å²) in [5, 5.41) is 3.69. The first-order valence-corrected chi connectivity index (χ1v) is 5.66. The van der Waals surface area contributed by atoms with Crippen LogP contribution in [0.4, 0.5) is 5.95 Å². The third-order valence-electron chi connectivity index (χ3n) is 2.00. The lowest BCUT2D eigenvalue weighted by Gasteiger charge is -2.06. The maximum absolute atomic E-state index is 5.79. The van der Waals surface area contributed by atoms with E-state index < -0.39 is 0 Å². The van der Waals surface area contributed by atoms with Crippen LogP contribution < -0.4 is 10.1 Å². The highest BCUT2D eigenvalue weighted by molar-refractivity contribution is 6.30. The summed E-state index contributed by atoms with van der Waals surface area (Å²) in [6.45, 7) is 2.75. The van der Waals surface area contributed by atoms with Crippen molar-refractivity contribution in [2.24, 2.45) is 0 Å². The molecule has 0 unspecified atom stereocenters. The number of benzene rings is 1. The zero-order chi connectivity index (χ0) is 12.1. The topological polar surface area (TPSA) is 47.0 Å². The lowest BCUT2D eigenvalue weighted by molar-refractivity contribution is 0.462. The van der Waals surface area contributed by atoms with Crippen LogP contribution in [0, 0.1) is 0 Å². The predicted octanol–water partition coefficient (Wildman–Crippen LogP) is 3.35. The van der Waals surface area contributed by atoms with Gasteiger partial charge in [0.25, 0.3) is 0 Å². The Labute approximate surface area is 105 Å². The van der Waals surface area contributed by atoms with E-state index in [0.717, 1.165) is 6.54 Å². The Bertz CT molecular complexity index is 487. The second-order valence-electron chi connectivity index (χ2n) is 3.30. The molecule has 4 nitrogen and oxygen atoms in total. The first kappa shape index (κ1) is 11.7. The maximum Gasteiger partial charge on any atom is 0.225 e. The van der Waals surface area contributed by atoms with Gasteiger partial charge in [-0.1, -0.05) is 11.6 Å². The molecule has 2 aromatic rings. The van der Waals surface area contributed by atoms with Crippen LogP contribution in [0.3, 0.4) is 0 Å². The van der Waals surface area contributed by atoms with Crippen molar-refractivity contribution in [2.75, 3.05) is 11.9 Å². The number of anilines is 1. The van der Waals surface area contributed by atoms with E-state index in [9.17, 15) is 0 Å². The van der Waals surface area contributed by atoms with Crippen LogP contribution in [0.1, 0.15) is 6.92 Å². The normalized spacial score (nSPS) is 10.0. The van der Waals surface area contributed by atoms with Crippen molar-refractivity contribution in [3.8, 4) is 11.6 Å². The van der Waals surface area contributed by atoms with E-state index >= 15 is 0 Å². The minimum absolute atomic E-state index is 0.498. The zero-order valence-corrected chi connectivity index (χ0v) is 10.1. The smallest absolute Gasteiger partial charge is 0.225 e. The molecule has 88 valence electrons. The third-order valence-corrected chi connectivity index (χ3v) is 2.25. The second kappa shape index (κ2) is 5.50. The van der Waals surface area contributed by atoms with Crippen molar-refractivity contribution < 1.29 is 4.74 Å². The molecule has 1 aromatic heterocycles. The highest BCUT2D eigenvalue weighted by Gasteiger charge is 2.00. The van der Waals surface area contributed by atoms with Gasteiger partial charge in [0.1, 0.15) is 5.75 Å². The Morgan fingerprint density at radius 1 is 1.24 bits per heavy atom. The molecular formula is C12H12ClN3O. The zero-order valence-electron chi connectivity index (χ0n) is 9.35. The molecular weight excluding hydrogens is 238 g/mol. The van der Waals surface area contributed by atoms with Gasteiger partial charge in [0, 0.05) is 23.8 Å². The highest BCUT2D eigenvalue weighted by Crippen LogP contribution is 2.21.